The van der Waals surface area contributed by atoms with Gasteiger partial charge in [0.05, 0.1) is 19.3 Å². The van der Waals surface area contributed by atoms with Crippen LogP contribution in [0.25, 0.3) is 0 Å². The van der Waals surface area contributed by atoms with Crippen LogP contribution in [-0.4, -0.2) is 25.9 Å². The van der Waals surface area contributed by atoms with E-state index in [2.05, 4.69) is 33.8 Å². The van der Waals surface area contributed by atoms with Crippen LogP contribution in [-0.2, 0) is 13.8 Å². The van der Waals surface area contributed by atoms with E-state index in [0.29, 0.717) is 9.03 Å². The van der Waals surface area contributed by atoms with Gasteiger partial charge in [0.2, 0.25) is 0 Å². The molecule has 0 aliphatic rings. The fourth-order valence-electron chi connectivity index (χ4n) is 1.55. The molecule has 0 heterocycles. The second kappa shape index (κ2) is 24.1. The van der Waals surface area contributed by atoms with Gasteiger partial charge in [0.25, 0.3) is 9.03 Å². The summed E-state index contributed by atoms with van der Waals surface area (Å²) >= 11 is 0. The largest absolute Gasteiger partial charge is 0.363 e. The van der Waals surface area contributed by atoms with Gasteiger partial charge in [0, 0.05) is 6.61 Å². The van der Waals surface area contributed by atoms with Crippen LogP contribution in [0.2, 0.25) is 0 Å². The Morgan fingerprint density at radius 3 is 1.78 bits per heavy atom. The molecule has 137 valence electrons. The molecule has 0 rings (SSSR count). The van der Waals surface area contributed by atoms with Crippen molar-refractivity contribution in [3.63, 3.8) is 0 Å². The number of ether oxygens (including phenoxy) is 1. The summed E-state index contributed by atoms with van der Waals surface area (Å²) in [5.74, 6) is 0. The summed E-state index contributed by atoms with van der Waals surface area (Å²) < 4.78 is 15.7. The van der Waals surface area contributed by atoms with Gasteiger partial charge >= 0.3 is 0 Å². The smallest absolute Gasteiger partial charge is 0.256 e. The van der Waals surface area contributed by atoms with E-state index < -0.39 is 0 Å². The molecule has 0 aromatic rings. The maximum atomic E-state index is 8.64. The van der Waals surface area contributed by atoms with E-state index in [1.807, 2.05) is 0 Å². The molecule has 1 unspecified atom stereocenters. The van der Waals surface area contributed by atoms with Gasteiger partial charge in [0.1, 0.15) is 6.10 Å². The zero-order valence-electron chi connectivity index (χ0n) is 15.7. The second-order valence-corrected chi connectivity index (χ2v) is 6.10. The van der Waals surface area contributed by atoms with E-state index in [4.69, 9.17) is 19.0 Å². The number of nitrogens with zero attached hydrogens (tertiary/aromatic N) is 1. The first-order valence-corrected chi connectivity index (χ1v) is 9.95. The molecule has 0 aromatic carbocycles. The molecule has 5 heteroatoms. The Hall–Kier alpha value is -0.200. The molecule has 0 aromatic heterocycles. The van der Waals surface area contributed by atoms with Crippen LogP contribution in [0.1, 0.15) is 85.5 Å². The molecular weight excluding hydrogens is 309 g/mol. The summed E-state index contributed by atoms with van der Waals surface area (Å²) in [5, 5.41) is 8.64. The van der Waals surface area contributed by atoms with Crippen LogP contribution in [0.4, 0.5) is 0 Å². The highest BCUT2D eigenvalue weighted by Crippen LogP contribution is 2.14. The SMILES string of the molecule is CCCCCOC(C#N)CCC.CCCCO[P]OCCCC. The number of unbranched alkanes of at least 4 members (excludes halogenated alkanes) is 4. The third kappa shape index (κ3) is 24.2. The molecule has 0 aliphatic carbocycles. The predicted octanol–water partition coefficient (Wildman–Crippen LogP) is 6.28. The van der Waals surface area contributed by atoms with Crippen molar-refractivity contribution in [1.29, 1.82) is 5.26 Å². The van der Waals surface area contributed by atoms with Gasteiger partial charge in [-0.3, -0.25) is 0 Å². The first-order valence-electron chi connectivity index (χ1n) is 9.22. The molecule has 0 saturated carbocycles. The third-order valence-corrected chi connectivity index (χ3v) is 3.62. The van der Waals surface area contributed by atoms with Crippen LogP contribution in [0.15, 0.2) is 0 Å². The van der Waals surface area contributed by atoms with Gasteiger partial charge in [-0.2, -0.15) is 5.26 Å². The van der Waals surface area contributed by atoms with E-state index in [1.54, 1.807) is 0 Å². The van der Waals surface area contributed by atoms with Gasteiger partial charge in [0.15, 0.2) is 0 Å². The van der Waals surface area contributed by atoms with Crippen LogP contribution in [0.3, 0.4) is 0 Å². The molecule has 0 saturated heterocycles. The zero-order valence-corrected chi connectivity index (χ0v) is 16.6. The molecule has 0 spiro atoms. The third-order valence-electron chi connectivity index (χ3n) is 3.05. The van der Waals surface area contributed by atoms with E-state index in [0.717, 1.165) is 51.9 Å². The first-order chi connectivity index (χ1) is 11.3. The number of rotatable bonds is 15. The fourth-order valence-corrected chi connectivity index (χ4v) is 2.04. The van der Waals surface area contributed by atoms with Crippen molar-refractivity contribution in [2.45, 2.75) is 91.6 Å². The Labute approximate surface area is 146 Å². The minimum absolute atomic E-state index is 0.174. The average molecular weight is 346 g/mol. The van der Waals surface area contributed by atoms with Crippen molar-refractivity contribution in [2.75, 3.05) is 19.8 Å². The average Bonchev–Trinajstić information content (AvgIpc) is 2.57. The number of hydrogen-bond donors (Lipinski definition) is 0. The quantitative estimate of drug-likeness (QED) is 0.258. The summed E-state index contributed by atoms with van der Waals surface area (Å²) in [6.45, 7) is 10.9. The van der Waals surface area contributed by atoms with Gasteiger partial charge in [-0.1, -0.05) is 59.8 Å². The molecule has 4 nitrogen and oxygen atoms in total. The van der Waals surface area contributed by atoms with Gasteiger partial charge in [-0.25, -0.2) is 0 Å². The monoisotopic (exact) mass is 346 g/mol. The van der Waals surface area contributed by atoms with Gasteiger partial charge in [-0.05, 0) is 25.7 Å². The highest BCUT2D eigenvalue weighted by atomic mass is 31.1. The lowest BCUT2D eigenvalue weighted by atomic mass is 10.2. The topological polar surface area (TPSA) is 51.5 Å². The second-order valence-electron chi connectivity index (χ2n) is 5.43. The van der Waals surface area contributed by atoms with Gasteiger partial charge < -0.3 is 13.8 Å². The number of hydrogen-bond acceptors (Lipinski definition) is 4. The Morgan fingerprint density at radius 2 is 1.35 bits per heavy atom. The fraction of sp³-hybridized carbons (Fsp3) is 0.944. The Bertz CT molecular complexity index is 239. The molecule has 23 heavy (non-hydrogen) atoms. The molecule has 0 bridgehead atoms. The minimum Gasteiger partial charge on any atom is -0.363 e. The first kappa shape index (κ1) is 25.0. The lowest BCUT2D eigenvalue weighted by Crippen LogP contribution is -2.10. The van der Waals surface area contributed by atoms with Crippen LogP contribution < -0.4 is 0 Å². The molecule has 0 aliphatic heterocycles. The van der Waals surface area contributed by atoms with E-state index >= 15 is 0 Å². The van der Waals surface area contributed by atoms with E-state index in [-0.39, 0.29) is 6.10 Å². The Kier molecular flexibility index (Phi) is 26.2. The summed E-state index contributed by atoms with van der Waals surface area (Å²) in [7, 11) is 0.693. The normalized spacial score (nSPS) is 11.4. The molecule has 0 fully saturated rings. The van der Waals surface area contributed by atoms with Crippen molar-refractivity contribution < 1.29 is 13.8 Å². The summed E-state index contributed by atoms with van der Waals surface area (Å²) in [6.07, 6.45) is 9.82. The Morgan fingerprint density at radius 1 is 0.783 bits per heavy atom. The van der Waals surface area contributed by atoms with E-state index in [1.165, 1.54) is 25.7 Å². The highest BCUT2D eigenvalue weighted by molar-refractivity contribution is 7.26. The predicted molar refractivity (Wildman–Crippen MR) is 98.4 cm³/mol. The van der Waals surface area contributed by atoms with Crippen LogP contribution in [0.5, 0.6) is 0 Å². The van der Waals surface area contributed by atoms with Crippen molar-refractivity contribution >= 4 is 9.03 Å². The lowest BCUT2D eigenvalue weighted by Gasteiger charge is -2.08. The molecule has 1 atom stereocenters. The summed E-state index contributed by atoms with van der Waals surface area (Å²) in [6, 6.07) is 2.16. The lowest BCUT2D eigenvalue weighted by molar-refractivity contribution is 0.0809. The van der Waals surface area contributed by atoms with Crippen molar-refractivity contribution in [1.82, 2.24) is 0 Å². The molecule has 1 radical (unpaired) electrons. The minimum atomic E-state index is -0.174. The van der Waals surface area contributed by atoms with Gasteiger partial charge in [-0.15, -0.1) is 0 Å². The van der Waals surface area contributed by atoms with Crippen molar-refractivity contribution in [3.8, 4) is 6.07 Å². The van der Waals surface area contributed by atoms with Crippen molar-refractivity contribution in [2.24, 2.45) is 0 Å². The summed E-state index contributed by atoms with van der Waals surface area (Å²) in [4.78, 5) is 0. The Balaban J connectivity index is 0. The van der Waals surface area contributed by atoms with Crippen LogP contribution in [0, 0.1) is 11.3 Å². The molecular formula is C18H37NO3P. The standard InChI is InChI=1S/C10H19NO.C8H18O2P/c1-3-5-6-8-12-10(9-11)7-4-2;1-3-5-7-9-11-10-8-6-4-2/h10H,3-8H2,1-2H3;3-8H2,1-2H3. The number of nitriles is 1. The van der Waals surface area contributed by atoms with Crippen LogP contribution >= 0.6 is 9.03 Å². The van der Waals surface area contributed by atoms with Crippen molar-refractivity contribution in [3.05, 3.63) is 0 Å². The highest BCUT2D eigenvalue weighted by Gasteiger charge is 2.04. The zero-order chi connectivity index (χ0) is 17.6. The summed E-state index contributed by atoms with van der Waals surface area (Å²) in [5.41, 5.74) is 0. The molecule has 0 N–H and O–H groups in total. The maximum absolute atomic E-state index is 8.64. The molecule has 0 amide bonds. The van der Waals surface area contributed by atoms with E-state index in [9.17, 15) is 0 Å². The maximum Gasteiger partial charge on any atom is 0.256 e.